The molecule has 3 N–H and O–H groups in total. The average Bonchev–Trinajstić information content (AvgIpc) is 2.43. The Hall–Kier alpha value is -1.60. The molecule has 1 atom stereocenters. The second-order valence-corrected chi connectivity index (χ2v) is 6.59. The lowest BCUT2D eigenvalue weighted by molar-refractivity contribution is 0.0596. The van der Waals surface area contributed by atoms with Crippen molar-refractivity contribution in [2.75, 3.05) is 12.8 Å². The zero-order valence-corrected chi connectivity index (χ0v) is 13.4. The molecule has 6 nitrogen and oxygen atoms in total. The molecule has 0 radical (unpaired) electrons. The third kappa shape index (κ3) is 4.71. The van der Waals surface area contributed by atoms with Crippen molar-refractivity contribution >= 4 is 21.7 Å². The van der Waals surface area contributed by atoms with Gasteiger partial charge in [0.2, 0.25) is 10.0 Å². The predicted octanol–water partition coefficient (Wildman–Crippen LogP) is 1.91. The fraction of sp³-hybridized carbons (Fsp3) is 0.500. The Kier molecular flexibility index (Phi) is 6.17. The third-order valence-corrected chi connectivity index (χ3v) is 4.69. The van der Waals surface area contributed by atoms with Gasteiger partial charge in [0.1, 0.15) is 0 Å². The Balaban J connectivity index is 3.10. The van der Waals surface area contributed by atoms with Crippen molar-refractivity contribution in [2.45, 2.75) is 44.0 Å². The first-order chi connectivity index (χ1) is 9.81. The molecule has 21 heavy (non-hydrogen) atoms. The van der Waals surface area contributed by atoms with Gasteiger partial charge in [-0.1, -0.05) is 19.8 Å². The minimum Gasteiger partial charge on any atom is -0.465 e. The molecule has 7 heteroatoms. The van der Waals surface area contributed by atoms with E-state index < -0.39 is 16.0 Å². The molecule has 0 aliphatic carbocycles. The molecule has 118 valence electrons. The number of nitrogens with two attached hydrogens (primary N) is 1. The number of carbonyl (C=O) groups excluding carboxylic acids is 1. The number of ether oxygens (including phenoxy) is 1. The molecule has 1 aromatic rings. The van der Waals surface area contributed by atoms with Crippen molar-refractivity contribution in [1.29, 1.82) is 0 Å². The van der Waals surface area contributed by atoms with Crippen molar-refractivity contribution in [3.8, 4) is 0 Å². The summed E-state index contributed by atoms with van der Waals surface area (Å²) in [6.07, 6.45) is 2.65. The maximum absolute atomic E-state index is 12.4. The highest BCUT2D eigenvalue weighted by Crippen LogP contribution is 2.20. The van der Waals surface area contributed by atoms with E-state index in [1.807, 2.05) is 6.92 Å². The number of nitrogen functional groups attached to an aromatic ring is 1. The summed E-state index contributed by atoms with van der Waals surface area (Å²) in [5.74, 6) is -0.733. The van der Waals surface area contributed by atoms with E-state index in [0.717, 1.165) is 19.3 Å². The van der Waals surface area contributed by atoms with E-state index in [1.165, 1.54) is 25.3 Å². The molecule has 0 fully saturated rings. The highest BCUT2D eigenvalue weighted by atomic mass is 32.2. The van der Waals surface area contributed by atoms with Crippen LogP contribution in [-0.4, -0.2) is 27.5 Å². The standard InChI is InChI=1S/C14H22N2O4S/c1-4-5-6-10(2)16-21(18,19)13-8-7-11(15)9-12(13)14(17)20-3/h7-10,16H,4-6,15H2,1-3H3. The van der Waals surface area contributed by atoms with Crippen LogP contribution in [-0.2, 0) is 14.8 Å². The SMILES string of the molecule is CCCCC(C)NS(=O)(=O)c1ccc(N)cc1C(=O)OC. The monoisotopic (exact) mass is 314 g/mol. The van der Waals surface area contributed by atoms with Crippen LogP contribution >= 0.6 is 0 Å². The van der Waals surface area contributed by atoms with E-state index >= 15 is 0 Å². The van der Waals surface area contributed by atoms with Crippen molar-refractivity contribution in [3.63, 3.8) is 0 Å². The summed E-state index contributed by atoms with van der Waals surface area (Å²) in [5, 5.41) is 0. The molecule has 0 aliphatic heterocycles. The summed E-state index contributed by atoms with van der Waals surface area (Å²) in [6.45, 7) is 3.83. The Labute approximate surface area is 125 Å². The number of anilines is 1. The van der Waals surface area contributed by atoms with E-state index in [4.69, 9.17) is 5.73 Å². The van der Waals surface area contributed by atoms with Crippen LogP contribution in [0.25, 0.3) is 0 Å². The van der Waals surface area contributed by atoms with Gasteiger partial charge in [0.25, 0.3) is 0 Å². The Morgan fingerprint density at radius 3 is 2.67 bits per heavy atom. The molecule has 0 aliphatic rings. The van der Waals surface area contributed by atoms with Crippen LogP contribution in [0.3, 0.4) is 0 Å². The van der Waals surface area contributed by atoms with Gasteiger partial charge in [-0.2, -0.15) is 0 Å². The van der Waals surface area contributed by atoms with Gasteiger partial charge in [-0.25, -0.2) is 17.9 Å². The number of nitrogens with one attached hydrogen (secondary N) is 1. The minimum absolute atomic E-state index is 0.0623. The first kappa shape index (κ1) is 17.5. The highest BCUT2D eigenvalue weighted by Gasteiger charge is 2.24. The van der Waals surface area contributed by atoms with Crippen LogP contribution in [0.4, 0.5) is 5.69 Å². The van der Waals surface area contributed by atoms with Crippen LogP contribution in [0.2, 0.25) is 0 Å². The molecule has 0 spiro atoms. The number of unbranched alkanes of at least 4 members (excludes halogenated alkanes) is 1. The molecule has 0 bridgehead atoms. The molecule has 0 saturated heterocycles. The lowest BCUT2D eigenvalue weighted by Gasteiger charge is -2.15. The maximum Gasteiger partial charge on any atom is 0.339 e. The summed E-state index contributed by atoms with van der Waals surface area (Å²) < 4.78 is 32.0. The van der Waals surface area contributed by atoms with Crippen molar-refractivity contribution in [1.82, 2.24) is 4.72 Å². The van der Waals surface area contributed by atoms with E-state index in [0.29, 0.717) is 5.69 Å². The number of esters is 1. The zero-order valence-electron chi connectivity index (χ0n) is 12.5. The van der Waals surface area contributed by atoms with Crippen molar-refractivity contribution in [3.05, 3.63) is 23.8 Å². The van der Waals surface area contributed by atoms with Crippen molar-refractivity contribution in [2.24, 2.45) is 0 Å². The lowest BCUT2D eigenvalue weighted by atomic mass is 10.2. The van der Waals surface area contributed by atoms with Crippen molar-refractivity contribution < 1.29 is 17.9 Å². The summed E-state index contributed by atoms with van der Waals surface area (Å²) in [7, 11) is -2.61. The minimum atomic E-state index is -3.80. The quantitative estimate of drug-likeness (QED) is 0.592. The zero-order chi connectivity index (χ0) is 16.0. The van der Waals surface area contributed by atoms with Gasteiger partial charge < -0.3 is 10.5 Å². The first-order valence-corrected chi connectivity index (χ1v) is 8.30. The van der Waals surface area contributed by atoms with Gasteiger partial charge in [0.05, 0.1) is 17.6 Å². The summed E-state index contributed by atoms with van der Waals surface area (Å²) in [5.41, 5.74) is 5.84. The van der Waals surface area contributed by atoms with E-state index in [2.05, 4.69) is 9.46 Å². The molecule has 0 aromatic heterocycles. The van der Waals surface area contributed by atoms with Gasteiger partial charge >= 0.3 is 5.97 Å². The van der Waals surface area contributed by atoms with Gasteiger partial charge in [0, 0.05) is 11.7 Å². The molecule has 0 amide bonds. The van der Waals surface area contributed by atoms with E-state index in [-0.39, 0.29) is 16.5 Å². The van der Waals surface area contributed by atoms with Gasteiger partial charge in [-0.3, -0.25) is 0 Å². The number of hydrogen-bond acceptors (Lipinski definition) is 5. The molecule has 1 aromatic carbocycles. The van der Waals surface area contributed by atoms with Gasteiger partial charge in [-0.05, 0) is 31.5 Å². The predicted molar refractivity (Wildman–Crippen MR) is 81.5 cm³/mol. The number of methoxy groups -OCH3 is 1. The fourth-order valence-corrected chi connectivity index (χ4v) is 3.40. The average molecular weight is 314 g/mol. The number of rotatable bonds is 7. The fourth-order valence-electron chi connectivity index (χ4n) is 1.95. The second kappa shape index (κ2) is 7.42. The number of benzene rings is 1. The molecular formula is C14H22N2O4S. The second-order valence-electron chi connectivity index (χ2n) is 4.91. The smallest absolute Gasteiger partial charge is 0.339 e. The largest absolute Gasteiger partial charge is 0.465 e. The molecule has 1 unspecified atom stereocenters. The van der Waals surface area contributed by atoms with Crippen LogP contribution in [0.15, 0.2) is 23.1 Å². The summed E-state index contributed by atoms with van der Waals surface area (Å²) >= 11 is 0. The number of hydrogen-bond donors (Lipinski definition) is 2. The number of carbonyl (C=O) groups is 1. The first-order valence-electron chi connectivity index (χ1n) is 6.82. The van der Waals surface area contributed by atoms with Gasteiger partial charge in [0.15, 0.2) is 0 Å². The van der Waals surface area contributed by atoms with Gasteiger partial charge in [-0.15, -0.1) is 0 Å². The van der Waals surface area contributed by atoms with Crippen LogP contribution in [0.1, 0.15) is 43.5 Å². The number of sulfonamides is 1. The highest BCUT2D eigenvalue weighted by molar-refractivity contribution is 7.89. The van der Waals surface area contributed by atoms with Crippen LogP contribution in [0.5, 0.6) is 0 Å². The summed E-state index contributed by atoms with van der Waals surface area (Å²) in [6, 6.07) is 3.85. The summed E-state index contributed by atoms with van der Waals surface area (Å²) in [4.78, 5) is 11.6. The Bertz CT molecular complexity index is 599. The Morgan fingerprint density at radius 1 is 1.43 bits per heavy atom. The topological polar surface area (TPSA) is 98.5 Å². The van der Waals surface area contributed by atoms with E-state index in [9.17, 15) is 13.2 Å². The molecule has 0 heterocycles. The van der Waals surface area contributed by atoms with Crippen LogP contribution in [0, 0.1) is 0 Å². The van der Waals surface area contributed by atoms with Crippen LogP contribution < -0.4 is 10.5 Å². The Morgan fingerprint density at radius 2 is 2.10 bits per heavy atom. The maximum atomic E-state index is 12.4. The molecular weight excluding hydrogens is 292 g/mol. The molecule has 0 saturated carbocycles. The third-order valence-electron chi connectivity index (χ3n) is 3.05. The molecule has 1 rings (SSSR count). The lowest BCUT2D eigenvalue weighted by Crippen LogP contribution is -2.33. The van der Waals surface area contributed by atoms with E-state index in [1.54, 1.807) is 6.92 Å². The normalized spacial score (nSPS) is 12.9.